The van der Waals surface area contributed by atoms with Crippen molar-refractivity contribution in [2.24, 2.45) is 0 Å². The van der Waals surface area contributed by atoms with E-state index >= 15 is 33.6 Å². The lowest BCUT2D eigenvalue weighted by Crippen LogP contribution is -2.66. The van der Waals surface area contributed by atoms with E-state index in [2.05, 4.69) is 48.5 Å². The van der Waals surface area contributed by atoms with Gasteiger partial charge in [0.15, 0.2) is 82.1 Å². The summed E-state index contributed by atoms with van der Waals surface area (Å²) in [7, 11) is -2.86. The van der Waals surface area contributed by atoms with E-state index in [-0.39, 0.29) is 63.3 Å². The van der Waals surface area contributed by atoms with Crippen molar-refractivity contribution in [3.05, 3.63) is 383 Å². The van der Waals surface area contributed by atoms with E-state index in [1.807, 2.05) is 39.9 Å². The molecule has 0 unspecified atom stereocenters. The maximum absolute atomic E-state index is 15.4. The highest BCUT2D eigenvalue weighted by molar-refractivity contribution is 6.74. The topological polar surface area (TPSA) is 301 Å². The van der Waals surface area contributed by atoms with Crippen molar-refractivity contribution in [3.8, 4) is 0 Å². The molecule has 0 aromatic heterocycles. The van der Waals surface area contributed by atoms with Gasteiger partial charge in [-0.25, -0.2) is 43.2 Å². The Balaban J connectivity index is 0.818. The summed E-state index contributed by atoms with van der Waals surface area (Å²) in [6, 6.07) is 89.6. The third kappa shape index (κ3) is 22.1. The van der Waals surface area contributed by atoms with Crippen LogP contribution in [0.25, 0.3) is 32.3 Å². The minimum atomic E-state index is -2.86. The number of esters is 9. The van der Waals surface area contributed by atoms with Gasteiger partial charge in [-0.15, -0.1) is 0 Å². The van der Waals surface area contributed by atoms with E-state index < -0.39 is 172 Å². The molecule has 13 aromatic rings. The Bertz CT molecular complexity index is 6140. The van der Waals surface area contributed by atoms with E-state index in [0.29, 0.717) is 19.3 Å². The molecule has 0 N–H and O–H groups in total. The van der Waals surface area contributed by atoms with Crippen molar-refractivity contribution in [1.82, 2.24) is 0 Å². The standard InChI is InChI=1S/C107H98O25Si/c1-107(2,3)133(4,5)120-66-83-88(126-97(110)73-41-19-8-20-42-73)91(129-100(113)76-47-25-11-26-48-76)94(132-103(116)79-53-31-14-32-54-79)106(123-83)119-65-82-87(125-96(109)72-39-17-7-18-40-72)90(128-99(112)75-45-23-10-24-46-75)93(131-102(115)78-51-29-13-30-52-78)105(122-82)118-64-81-86(124-95(108)71-37-15-6-16-38-71)89(127-98(111)74-43-21-9-22-44-74)92(130-101(114)77-49-27-12-28-50-77)104(121-81)117-63-34-33-36-67-57-58-70-60-59-68-55-35-56-69-61-62-80(67)85(70)84(68)69/h6-32,35,37-62,81-83,86-94,104-106H,33-34,36,63-66H2,1-5H3/t81-,82-,83-,86+,87+,88+,89+,90+,91+,92-,93-,94-,104-,105-,106-/m1/s1. The molecule has 0 amide bonds. The Morgan fingerprint density at radius 2 is 0.511 bits per heavy atom. The van der Waals surface area contributed by atoms with Gasteiger partial charge in [-0.05, 0) is 184 Å². The summed E-state index contributed by atoms with van der Waals surface area (Å²) >= 11 is 0. The first-order valence-electron chi connectivity index (χ1n) is 44.0. The zero-order chi connectivity index (χ0) is 92.5. The molecule has 3 aliphatic rings. The van der Waals surface area contributed by atoms with Crippen LogP contribution >= 0.6 is 0 Å². The molecule has 15 atom stereocenters. The van der Waals surface area contributed by atoms with Gasteiger partial charge in [0.05, 0.1) is 69.9 Å². The van der Waals surface area contributed by atoms with Gasteiger partial charge in [-0.2, -0.15) is 0 Å². The van der Waals surface area contributed by atoms with Crippen LogP contribution in [0.3, 0.4) is 0 Å². The molecule has 0 saturated carbocycles. The molecule has 26 heteroatoms. The maximum Gasteiger partial charge on any atom is 0.338 e. The molecule has 680 valence electrons. The number of carbonyl (C=O) groups excluding carboxylic acids is 9. The van der Waals surface area contributed by atoms with Gasteiger partial charge in [0.2, 0.25) is 0 Å². The summed E-state index contributed by atoms with van der Waals surface area (Å²) in [5.74, 6) is -8.89. The Morgan fingerprint density at radius 1 is 0.263 bits per heavy atom. The van der Waals surface area contributed by atoms with E-state index in [0.717, 1.165) is 37.9 Å². The first-order chi connectivity index (χ1) is 64.6. The minimum Gasteiger partial charge on any atom is -0.452 e. The van der Waals surface area contributed by atoms with Gasteiger partial charge < -0.3 is 75.5 Å². The predicted molar refractivity (Wildman–Crippen MR) is 491 cm³/mol. The number of ether oxygens (including phenoxy) is 15. The highest BCUT2D eigenvalue weighted by Crippen LogP contribution is 2.42. The van der Waals surface area contributed by atoms with Crippen LogP contribution in [0.5, 0.6) is 0 Å². The average molecular weight is 1810 g/mol. The number of hydrogen-bond donors (Lipinski definition) is 0. The molecular formula is C107H98O25Si. The van der Waals surface area contributed by atoms with E-state index in [4.69, 9.17) is 75.5 Å². The monoisotopic (exact) mass is 1810 g/mol. The summed E-state index contributed by atoms with van der Waals surface area (Å²) in [5.41, 5.74) is 1.21. The second-order valence-electron chi connectivity index (χ2n) is 33.9. The third-order valence-electron chi connectivity index (χ3n) is 24.1. The lowest BCUT2D eigenvalue weighted by atomic mass is 9.91. The van der Waals surface area contributed by atoms with Crippen LogP contribution in [0.4, 0.5) is 0 Å². The lowest BCUT2D eigenvalue weighted by Gasteiger charge is -2.47. The van der Waals surface area contributed by atoms with Gasteiger partial charge in [0.1, 0.15) is 18.3 Å². The van der Waals surface area contributed by atoms with Crippen LogP contribution in [0.1, 0.15) is 132 Å². The molecule has 3 aliphatic heterocycles. The Labute approximate surface area is 768 Å². The first-order valence-corrected chi connectivity index (χ1v) is 46.9. The van der Waals surface area contributed by atoms with E-state index in [1.54, 1.807) is 164 Å². The van der Waals surface area contributed by atoms with Crippen LogP contribution in [0.15, 0.2) is 328 Å². The molecule has 0 bridgehead atoms. The van der Waals surface area contributed by atoms with Crippen molar-refractivity contribution in [1.29, 1.82) is 0 Å². The SMILES string of the molecule is CC(C)(C)[Si](C)(C)OC[C@H]1O[C@@H](OC[C@H]2O[C@@H](OC[C@H]3O[C@@H](OCCCCc4ccc5ccc6cccc7ccc4c5c67)[C@H](OC(=O)c4ccccc4)[C@@H](OC(=O)c4ccccc4)[C@H]3OC(=O)c3ccccc3)[C@H](OC(=O)c3ccccc3)[C@@H](OC(=O)c3ccccc3)[C@H]2OC(=O)c2ccccc2)[C@H](OC(=O)c2ccccc2)[C@@H](OC(=O)c2ccccc2)[C@H]1OC(=O)c1ccccc1. The average Bonchev–Trinajstić information content (AvgIpc) is 0.742. The van der Waals surface area contributed by atoms with Crippen LogP contribution in [0, 0.1) is 0 Å². The molecule has 0 spiro atoms. The molecule has 3 fully saturated rings. The van der Waals surface area contributed by atoms with Gasteiger partial charge >= 0.3 is 53.7 Å². The zero-order valence-corrected chi connectivity index (χ0v) is 74.5. The number of benzene rings is 13. The number of aryl methyl sites for hydroxylation is 1. The van der Waals surface area contributed by atoms with E-state index in [1.165, 1.54) is 109 Å². The summed E-state index contributed by atoms with van der Waals surface area (Å²) in [4.78, 5) is 136. The van der Waals surface area contributed by atoms with Crippen molar-refractivity contribution >= 4 is 94.4 Å². The van der Waals surface area contributed by atoms with Gasteiger partial charge in [0, 0.05) is 6.61 Å². The number of carbonyl (C=O) groups is 9. The second-order valence-corrected chi connectivity index (χ2v) is 38.7. The Morgan fingerprint density at radius 3 is 0.805 bits per heavy atom. The smallest absolute Gasteiger partial charge is 0.338 e. The highest BCUT2D eigenvalue weighted by atomic mass is 28.4. The fourth-order valence-electron chi connectivity index (χ4n) is 16.1. The molecule has 3 heterocycles. The first kappa shape index (κ1) is 92.3. The summed E-state index contributed by atoms with van der Waals surface area (Å²) in [5, 5.41) is 6.29. The molecule has 13 aromatic carbocycles. The highest BCUT2D eigenvalue weighted by Gasteiger charge is 2.59. The van der Waals surface area contributed by atoms with Gasteiger partial charge in [-0.3, -0.25) is 0 Å². The number of hydrogen-bond acceptors (Lipinski definition) is 25. The van der Waals surface area contributed by atoms with Crippen molar-refractivity contribution < 1.29 is 119 Å². The van der Waals surface area contributed by atoms with Crippen molar-refractivity contribution in [2.45, 2.75) is 150 Å². The molecule has 133 heavy (non-hydrogen) atoms. The number of unbranched alkanes of at least 4 members (excludes halogenated alkanes) is 1. The summed E-state index contributed by atoms with van der Waals surface area (Å²) in [6.45, 7) is 7.76. The third-order valence-corrected chi connectivity index (χ3v) is 28.6. The van der Waals surface area contributed by atoms with Crippen LogP contribution < -0.4 is 0 Å². The molecule has 16 rings (SSSR count). The van der Waals surface area contributed by atoms with Gasteiger partial charge in [0.25, 0.3) is 0 Å². The van der Waals surface area contributed by atoms with Crippen LogP contribution in [0.2, 0.25) is 18.1 Å². The summed E-state index contributed by atoms with van der Waals surface area (Å²) in [6.07, 6.45) is -26.5. The number of rotatable bonds is 33. The largest absolute Gasteiger partial charge is 0.452 e. The molecule has 0 radical (unpaired) electrons. The predicted octanol–water partition coefficient (Wildman–Crippen LogP) is 18.2. The molecular weight excluding hydrogens is 1710 g/mol. The van der Waals surface area contributed by atoms with Crippen molar-refractivity contribution in [3.63, 3.8) is 0 Å². The quantitative estimate of drug-likeness (QED) is 0.0121. The van der Waals surface area contributed by atoms with E-state index in [9.17, 15) is 9.59 Å². The maximum atomic E-state index is 15.4. The normalized spacial score (nSPS) is 21.9. The lowest BCUT2D eigenvalue weighted by molar-refractivity contribution is -0.339. The minimum absolute atomic E-state index is 0.00599. The molecule has 25 nitrogen and oxygen atoms in total. The second kappa shape index (κ2) is 42.5. The summed E-state index contributed by atoms with van der Waals surface area (Å²) < 4.78 is 108. The fourth-order valence-corrected chi connectivity index (χ4v) is 17.1. The van der Waals surface area contributed by atoms with Gasteiger partial charge in [-0.1, -0.05) is 239 Å². The molecule has 0 aliphatic carbocycles. The van der Waals surface area contributed by atoms with Crippen LogP contribution in [-0.4, -0.2) is 181 Å². The molecule has 3 saturated heterocycles. The Hall–Kier alpha value is -13.9. The Kier molecular flexibility index (Phi) is 29.5. The fraction of sp³-hybridized carbons (Fsp3) is 0.262. The zero-order valence-electron chi connectivity index (χ0n) is 73.5. The van der Waals surface area contributed by atoms with Crippen LogP contribution in [-0.2, 0) is 81.9 Å². The van der Waals surface area contributed by atoms with Crippen molar-refractivity contribution in [2.75, 3.05) is 26.4 Å².